The maximum atomic E-state index is 4.61. The van der Waals surface area contributed by atoms with E-state index in [1.807, 2.05) is 24.4 Å². The third-order valence-electron chi connectivity index (χ3n) is 2.90. The second kappa shape index (κ2) is 5.58. The molecule has 0 aliphatic heterocycles. The summed E-state index contributed by atoms with van der Waals surface area (Å²) in [6.07, 6.45) is 3.61. The van der Waals surface area contributed by atoms with Crippen LogP contribution in [0.2, 0.25) is 0 Å². The Balaban J connectivity index is 2.37. The van der Waals surface area contributed by atoms with Crippen molar-refractivity contribution in [2.24, 2.45) is 4.99 Å². The minimum Gasteiger partial charge on any atom is -0.255 e. The molecule has 1 heterocycles. The molecule has 0 bridgehead atoms. The molecule has 0 atom stereocenters. The van der Waals surface area contributed by atoms with Gasteiger partial charge in [-0.1, -0.05) is 38.1 Å². The van der Waals surface area contributed by atoms with Gasteiger partial charge in [-0.2, -0.15) is 0 Å². The van der Waals surface area contributed by atoms with Crippen molar-refractivity contribution in [3.63, 3.8) is 0 Å². The molecule has 1 aromatic carbocycles. The summed E-state index contributed by atoms with van der Waals surface area (Å²) in [7, 11) is 0. The third kappa shape index (κ3) is 2.83. The van der Waals surface area contributed by atoms with Crippen LogP contribution in [0.4, 0.5) is 5.69 Å². The lowest BCUT2D eigenvalue weighted by Gasteiger charge is -2.11. The Labute approximate surface area is 108 Å². The fourth-order valence-corrected chi connectivity index (χ4v) is 1.91. The largest absolute Gasteiger partial charge is 0.255 e. The molecule has 92 valence electrons. The van der Waals surface area contributed by atoms with Crippen molar-refractivity contribution in [1.82, 2.24) is 4.98 Å². The molecule has 2 heteroatoms. The number of hydrogen-bond donors (Lipinski definition) is 0. The van der Waals surface area contributed by atoms with E-state index in [2.05, 4.69) is 48.9 Å². The Kier molecular flexibility index (Phi) is 3.88. The molecule has 0 saturated heterocycles. The number of benzene rings is 1. The number of aryl methyl sites for hydroxylation is 1. The lowest BCUT2D eigenvalue weighted by atomic mass is 9.98. The second-order valence-corrected chi connectivity index (χ2v) is 4.68. The SMILES string of the molecule is Cc1cccc(C(C)C)c1N=Cc1ccccn1. The molecule has 0 amide bonds. The predicted octanol–water partition coefficient (Wildman–Crippen LogP) is 4.26. The first kappa shape index (κ1) is 12.5. The van der Waals surface area contributed by atoms with Gasteiger partial charge in [0, 0.05) is 6.20 Å². The molecule has 0 aliphatic carbocycles. The van der Waals surface area contributed by atoms with Crippen molar-refractivity contribution in [3.8, 4) is 0 Å². The van der Waals surface area contributed by atoms with E-state index in [1.165, 1.54) is 11.1 Å². The Bertz CT molecular complexity index is 542. The summed E-state index contributed by atoms with van der Waals surface area (Å²) in [5.74, 6) is 0.473. The van der Waals surface area contributed by atoms with Gasteiger partial charge in [-0.15, -0.1) is 0 Å². The van der Waals surface area contributed by atoms with Crippen LogP contribution < -0.4 is 0 Å². The summed E-state index contributed by atoms with van der Waals surface area (Å²) in [5.41, 5.74) is 4.43. The van der Waals surface area contributed by atoms with E-state index < -0.39 is 0 Å². The van der Waals surface area contributed by atoms with Gasteiger partial charge in [0.15, 0.2) is 0 Å². The van der Waals surface area contributed by atoms with Gasteiger partial charge in [0.05, 0.1) is 17.6 Å². The van der Waals surface area contributed by atoms with Crippen LogP contribution in [0.3, 0.4) is 0 Å². The van der Waals surface area contributed by atoms with E-state index in [4.69, 9.17) is 0 Å². The number of aromatic nitrogens is 1. The monoisotopic (exact) mass is 238 g/mol. The van der Waals surface area contributed by atoms with Crippen LogP contribution in [0, 0.1) is 6.92 Å². The number of para-hydroxylation sites is 1. The smallest absolute Gasteiger partial charge is 0.0812 e. The number of aliphatic imine (C=N–C) groups is 1. The van der Waals surface area contributed by atoms with Crippen molar-refractivity contribution in [1.29, 1.82) is 0 Å². The maximum absolute atomic E-state index is 4.61. The number of hydrogen-bond acceptors (Lipinski definition) is 2. The highest BCUT2D eigenvalue weighted by molar-refractivity contribution is 5.80. The van der Waals surface area contributed by atoms with Gasteiger partial charge in [0.1, 0.15) is 0 Å². The Morgan fingerprint density at radius 3 is 2.61 bits per heavy atom. The van der Waals surface area contributed by atoms with E-state index in [-0.39, 0.29) is 0 Å². The highest BCUT2D eigenvalue weighted by atomic mass is 14.8. The van der Waals surface area contributed by atoms with Gasteiger partial charge in [-0.25, -0.2) is 0 Å². The lowest BCUT2D eigenvalue weighted by Crippen LogP contribution is -1.91. The third-order valence-corrected chi connectivity index (χ3v) is 2.90. The van der Waals surface area contributed by atoms with Crippen molar-refractivity contribution < 1.29 is 0 Å². The van der Waals surface area contributed by atoms with Gasteiger partial charge in [0.25, 0.3) is 0 Å². The van der Waals surface area contributed by atoms with Crippen LogP contribution in [0.15, 0.2) is 47.6 Å². The molecular formula is C16H18N2. The summed E-state index contributed by atoms with van der Waals surface area (Å²) >= 11 is 0. The molecular weight excluding hydrogens is 220 g/mol. The molecule has 0 radical (unpaired) electrons. The predicted molar refractivity (Wildman–Crippen MR) is 76.8 cm³/mol. The fraction of sp³-hybridized carbons (Fsp3) is 0.250. The summed E-state index contributed by atoms with van der Waals surface area (Å²) in [5, 5.41) is 0. The average molecular weight is 238 g/mol. The zero-order valence-corrected chi connectivity index (χ0v) is 11.1. The van der Waals surface area contributed by atoms with Gasteiger partial charge in [0.2, 0.25) is 0 Å². The minimum atomic E-state index is 0.473. The van der Waals surface area contributed by atoms with E-state index in [0.717, 1.165) is 11.4 Å². The molecule has 2 nitrogen and oxygen atoms in total. The summed E-state index contributed by atoms with van der Waals surface area (Å²) in [6, 6.07) is 12.2. The van der Waals surface area contributed by atoms with Crippen LogP contribution in [-0.2, 0) is 0 Å². The fourth-order valence-electron chi connectivity index (χ4n) is 1.91. The molecule has 2 aromatic rings. The van der Waals surface area contributed by atoms with Crippen molar-refractivity contribution in [2.75, 3.05) is 0 Å². The molecule has 0 saturated carbocycles. The van der Waals surface area contributed by atoms with Gasteiger partial charge in [-0.05, 0) is 36.1 Å². The highest BCUT2D eigenvalue weighted by Crippen LogP contribution is 2.29. The van der Waals surface area contributed by atoms with Crippen molar-refractivity contribution in [3.05, 3.63) is 59.4 Å². The highest BCUT2D eigenvalue weighted by Gasteiger charge is 2.07. The topological polar surface area (TPSA) is 25.2 Å². The first-order chi connectivity index (χ1) is 8.68. The number of rotatable bonds is 3. The van der Waals surface area contributed by atoms with Crippen molar-refractivity contribution in [2.45, 2.75) is 26.7 Å². The maximum Gasteiger partial charge on any atom is 0.0812 e. The summed E-state index contributed by atoms with van der Waals surface area (Å²) in [4.78, 5) is 8.86. The number of nitrogens with zero attached hydrogens (tertiary/aromatic N) is 2. The minimum absolute atomic E-state index is 0.473. The molecule has 0 fully saturated rings. The lowest BCUT2D eigenvalue weighted by molar-refractivity contribution is 0.865. The van der Waals surface area contributed by atoms with Crippen LogP contribution in [0.25, 0.3) is 0 Å². The van der Waals surface area contributed by atoms with E-state index in [0.29, 0.717) is 5.92 Å². The summed E-state index contributed by atoms with van der Waals surface area (Å²) < 4.78 is 0. The second-order valence-electron chi connectivity index (χ2n) is 4.68. The molecule has 0 N–H and O–H groups in total. The van der Waals surface area contributed by atoms with Crippen LogP contribution in [-0.4, -0.2) is 11.2 Å². The Hall–Kier alpha value is -1.96. The molecule has 0 aliphatic rings. The molecule has 1 aromatic heterocycles. The molecule has 0 unspecified atom stereocenters. The Morgan fingerprint density at radius 1 is 1.11 bits per heavy atom. The van der Waals surface area contributed by atoms with Crippen molar-refractivity contribution >= 4 is 11.9 Å². The van der Waals surface area contributed by atoms with Crippen LogP contribution >= 0.6 is 0 Å². The quantitative estimate of drug-likeness (QED) is 0.733. The van der Waals surface area contributed by atoms with E-state index in [9.17, 15) is 0 Å². The normalized spacial score (nSPS) is 11.3. The standard InChI is InChI=1S/C16H18N2/c1-12(2)15-9-6-7-13(3)16(15)18-11-14-8-4-5-10-17-14/h4-12H,1-3H3. The molecule has 2 rings (SSSR count). The zero-order valence-electron chi connectivity index (χ0n) is 11.1. The van der Waals surface area contributed by atoms with Gasteiger partial charge in [-0.3, -0.25) is 9.98 Å². The van der Waals surface area contributed by atoms with Crippen LogP contribution in [0.1, 0.15) is 36.6 Å². The van der Waals surface area contributed by atoms with Gasteiger partial charge < -0.3 is 0 Å². The first-order valence-electron chi connectivity index (χ1n) is 6.23. The molecule has 0 spiro atoms. The zero-order chi connectivity index (χ0) is 13.0. The molecule has 18 heavy (non-hydrogen) atoms. The van der Waals surface area contributed by atoms with Crippen LogP contribution in [0.5, 0.6) is 0 Å². The van der Waals surface area contributed by atoms with E-state index in [1.54, 1.807) is 6.20 Å². The van der Waals surface area contributed by atoms with E-state index >= 15 is 0 Å². The summed E-state index contributed by atoms with van der Waals surface area (Å²) in [6.45, 7) is 6.47. The average Bonchev–Trinajstić information content (AvgIpc) is 2.38. The number of pyridine rings is 1. The Morgan fingerprint density at radius 2 is 1.94 bits per heavy atom. The van der Waals surface area contributed by atoms with Gasteiger partial charge >= 0.3 is 0 Å². The first-order valence-corrected chi connectivity index (χ1v) is 6.23.